The van der Waals surface area contributed by atoms with Gasteiger partial charge < -0.3 is 15.2 Å². The molecule has 0 aliphatic carbocycles. The number of halogens is 1. The van der Waals surface area contributed by atoms with Gasteiger partial charge in [-0.1, -0.05) is 0 Å². The lowest BCUT2D eigenvalue weighted by Gasteiger charge is -2.08. The Hall–Kier alpha value is -2.64. The predicted molar refractivity (Wildman–Crippen MR) is 71.6 cm³/mol. The van der Waals surface area contributed by atoms with Crippen LogP contribution in [0.5, 0.6) is 5.75 Å². The number of hydrogen-bond acceptors (Lipinski definition) is 4. The van der Waals surface area contributed by atoms with Crippen LogP contribution in [0.1, 0.15) is 19.8 Å². The lowest BCUT2D eigenvalue weighted by molar-refractivity contribution is -0.138. The normalized spacial score (nSPS) is 9.81. The summed E-state index contributed by atoms with van der Waals surface area (Å²) >= 11 is 0. The molecule has 1 aromatic rings. The highest BCUT2D eigenvalue weighted by Gasteiger charge is 2.11. The van der Waals surface area contributed by atoms with Crippen molar-refractivity contribution in [3.63, 3.8) is 0 Å². The summed E-state index contributed by atoms with van der Waals surface area (Å²) in [6, 6.07) is 2.94. The van der Waals surface area contributed by atoms with Gasteiger partial charge in [0.05, 0.1) is 13.0 Å². The van der Waals surface area contributed by atoms with Gasteiger partial charge in [0.1, 0.15) is 0 Å². The van der Waals surface area contributed by atoms with Gasteiger partial charge in [-0.05, 0) is 19.1 Å². The monoisotopic (exact) mass is 298 g/mol. The van der Waals surface area contributed by atoms with E-state index >= 15 is 0 Å². The van der Waals surface area contributed by atoms with E-state index in [0.29, 0.717) is 6.61 Å². The molecule has 0 radical (unpaired) electrons. The molecule has 7 nitrogen and oxygen atoms in total. The van der Waals surface area contributed by atoms with Gasteiger partial charge in [0.2, 0.25) is 5.91 Å². The summed E-state index contributed by atoms with van der Waals surface area (Å²) < 4.78 is 18.5. The smallest absolute Gasteiger partial charge is 0.325 e. The van der Waals surface area contributed by atoms with Crippen molar-refractivity contribution in [2.45, 2.75) is 19.8 Å². The minimum atomic E-state index is -1.14. The number of carboxylic acids is 1. The quantitative estimate of drug-likeness (QED) is 0.742. The third-order valence-electron chi connectivity index (χ3n) is 2.31. The molecule has 21 heavy (non-hydrogen) atoms. The third-order valence-corrected chi connectivity index (χ3v) is 2.31. The van der Waals surface area contributed by atoms with Crippen LogP contribution in [0.15, 0.2) is 18.2 Å². The number of carbonyl (C=O) groups is 3. The van der Waals surface area contributed by atoms with E-state index in [1.165, 1.54) is 12.1 Å². The number of ether oxygens (including phenoxy) is 1. The van der Waals surface area contributed by atoms with Gasteiger partial charge in [0.15, 0.2) is 11.6 Å². The van der Waals surface area contributed by atoms with Crippen molar-refractivity contribution in [2.75, 3.05) is 11.9 Å². The van der Waals surface area contributed by atoms with E-state index in [9.17, 15) is 18.8 Å². The number of hydrogen-bond donors (Lipinski definition) is 3. The van der Waals surface area contributed by atoms with Gasteiger partial charge in [-0.2, -0.15) is 0 Å². The fourth-order valence-corrected chi connectivity index (χ4v) is 1.42. The van der Waals surface area contributed by atoms with Crippen LogP contribution in [-0.2, 0) is 9.59 Å². The number of benzene rings is 1. The molecular weight excluding hydrogens is 283 g/mol. The van der Waals surface area contributed by atoms with Crippen molar-refractivity contribution in [3.8, 4) is 5.75 Å². The molecule has 3 N–H and O–H groups in total. The third kappa shape index (κ3) is 5.89. The molecule has 0 spiro atoms. The Morgan fingerprint density at radius 2 is 2.00 bits per heavy atom. The molecule has 3 amide bonds. The average Bonchev–Trinajstić information content (AvgIpc) is 2.39. The first-order valence-corrected chi connectivity index (χ1v) is 6.17. The van der Waals surface area contributed by atoms with E-state index < -0.39 is 23.7 Å². The van der Waals surface area contributed by atoms with Gasteiger partial charge >= 0.3 is 12.0 Å². The van der Waals surface area contributed by atoms with Crippen LogP contribution in [0, 0.1) is 5.82 Å². The number of aliphatic carboxylic acids is 1. The van der Waals surface area contributed by atoms with Crippen molar-refractivity contribution >= 4 is 23.6 Å². The van der Waals surface area contributed by atoms with Crippen LogP contribution < -0.4 is 15.4 Å². The highest BCUT2D eigenvalue weighted by atomic mass is 19.1. The summed E-state index contributed by atoms with van der Waals surface area (Å²) in [7, 11) is 0. The molecule has 0 heterocycles. The molecule has 0 aliphatic heterocycles. The number of amides is 3. The number of anilines is 1. The van der Waals surface area contributed by atoms with Crippen molar-refractivity contribution in [1.29, 1.82) is 0 Å². The molecule has 0 bridgehead atoms. The first kappa shape index (κ1) is 16.4. The highest BCUT2D eigenvalue weighted by molar-refractivity contribution is 6.01. The Morgan fingerprint density at radius 3 is 2.57 bits per heavy atom. The first-order chi connectivity index (χ1) is 9.92. The number of imide groups is 1. The molecule has 0 saturated carbocycles. The molecule has 0 atom stereocenters. The minimum absolute atomic E-state index is 0.0565. The number of urea groups is 1. The number of carboxylic acid groups (broad SMARTS) is 1. The van der Waals surface area contributed by atoms with Gasteiger partial charge in [0, 0.05) is 18.2 Å². The van der Waals surface area contributed by atoms with Crippen LogP contribution in [0.4, 0.5) is 14.9 Å². The Balaban J connectivity index is 2.53. The average molecular weight is 298 g/mol. The maximum absolute atomic E-state index is 13.5. The Labute approximate surface area is 120 Å². The summed E-state index contributed by atoms with van der Waals surface area (Å²) in [5.74, 6) is -2.46. The molecule has 1 aromatic carbocycles. The Morgan fingerprint density at radius 1 is 1.29 bits per heavy atom. The predicted octanol–water partition coefficient (Wildman–Crippen LogP) is 1.74. The second-order valence-corrected chi connectivity index (χ2v) is 3.97. The fourth-order valence-electron chi connectivity index (χ4n) is 1.42. The molecule has 0 unspecified atom stereocenters. The first-order valence-electron chi connectivity index (χ1n) is 6.17. The van der Waals surface area contributed by atoms with Gasteiger partial charge in [-0.3, -0.25) is 14.9 Å². The van der Waals surface area contributed by atoms with Gasteiger partial charge in [-0.15, -0.1) is 0 Å². The topological polar surface area (TPSA) is 105 Å². The lowest BCUT2D eigenvalue weighted by Crippen LogP contribution is -2.34. The zero-order valence-corrected chi connectivity index (χ0v) is 11.3. The van der Waals surface area contributed by atoms with E-state index in [2.05, 4.69) is 5.32 Å². The van der Waals surface area contributed by atoms with Crippen molar-refractivity contribution in [1.82, 2.24) is 5.32 Å². The molecule has 1 rings (SSSR count). The molecule has 0 fully saturated rings. The SMILES string of the molecule is CCOc1ccc(NC(=O)NC(=O)CCC(=O)O)cc1F. The number of nitrogens with one attached hydrogen (secondary N) is 2. The van der Waals surface area contributed by atoms with Crippen LogP contribution in [0.3, 0.4) is 0 Å². The Kier molecular flexibility index (Phi) is 6.12. The lowest BCUT2D eigenvalue weighted by atomic mass is 10.3. The van der Waals surface area contributed by atoms with Gasteiger partial charge in [0.25, 0.3) is 0 Å². The summed E-state index contributed by atoms with van der Waals surface area (Å²) in [4.78, 5) is 32.9. The molecule has 8 heteroatoms. The zero-order chi connectivity index (χ0) is 15.8. The van der Waals surface area contributed by atoms with Crippen molar-refractivity contribution < 1.29 is 28.6 Å². The largest absolute Gasteiger partial charge is 0.491 e. The van der Waals surface area contributed by atoms with Crippen LogP contribution in [-0.4, -0.2) is 29.6 Å². The number of carbonyl (C=O) groups excluding carboxylic acids is 2. The summed E-state index contributed by atoms with van der Waals surface area (Å²) in [6.45, 7) is 2.02. The van der Waals surface area contributed by atoms with E-state index in [4.69, 9.17) is 9.84 Å². The summed E-state index contributed by atoms with van der Waals surface area (Å²) in [5, 5.41) is 12.6. The van der Waals surface area contributed by atoms with E-state index in [1.54, 1.807) is 6.92 Å². The molecule has 114 valence electrons. The van der Waals surface area contributed by atoms with Crippen molar-refractivity contribution in [2.24, 2.45) is 0 Å². The molecule has 0 aliphatic rings. The Bertz CT molecular complexity index is 547. The van der Waals surface area contributed by atoms with Gasteiger partial charge in [-0.25, -0.2) is 9.18 Å². The highest BCUT2D eigenvalue weighted by Crippen LogP contribution is 2.20. The fraction of sp³-hybridized carbons (Fsp3) is 0.308. The second-order valence-electron chi connectivity index (χ2n) is 3.97. The molecule has 0 saturated heterocycles. The standard InChI is InChI=1S/C13H15FN2O5/c1-2-21-10-4-3-8(7-9(10)14)15-13(20)16-11(17)5-6-12(18)19/h3-4,7H,2,5-6H2,1H3,(H,18,19)(H2,15,16,17,20). The maximum atomic E-state index is 13.5. The molecular formula is C13H15FN2O5. The zero-order valence-electron chi connectivity index (χ0n) is 11.3. The summed E-state index contributed by atoms with van der Waals surface area (Å²) in [6.07, 6.45) is -0.697. The van der Waals surface area contributed by atoms with Crippen LogP contribution in [0.25, 0.3) is 0 Å². The van der Waals surface area contributed by atoms with E-state index in [0.717, 1.165) is 6.07 Å². The van der Waals surface area contributed by atoms with E-state index in [-0.39, 0.29) is 24.3 Å². The summed E-state index contributed by atoms with van der Waals surface area (Å²) in [5.41, 5.74) is 0.138. The van der Waals surface area contributed by atoms with Crippen LogP contribution >= 0.6 is 0 Å². The van der Waals surface area contributed by atoms with E-state index in [1.807, 2.05) is 5.32 Å². The minimum Gasteiger partial charge on any atom is -0.491 e. The number of rotatable bonds is 6. The van der Waals surface area contributed by atoms with Crippen LogP contribution in [0.2, 0.25) is 0 Å². The maximum Gasteiger partial charge on any atom is 0.325 e. The molecule has 0 aromatic heterocycles. The van der Waals surface area contributed by atoms with Crippen molar-refractivity contribution in [3.05, 3.63) is 24.0 Å². The second kappa shape index (κ2) is 7.83.